The number of nitrogens with zero attached hydrogens (tertiary/aromatic N) is 3. The minimum atomic E-state index is 0.795. The summed E-state index contributed by atoms with van der Waals surface area (Å²) in [5.74, 6) is 2.81. The Morgan fingerprint density at radius 2 is 2.00 bits per heavy atom. The second-order valence-corrected chi connectivity index (χ2v) is 5.76. The van der Waals surface area contributed by atoms with Crippen LogP contribution in [0, 0.1) is 12.8 Å². The van der Waals surface area contributed by atoms with Gasteiger partial charge in [-0.1, -0.05) is 13.8 Å². The maximum atomic E-state index is 4.67. The van der Waals surface area contributed by atoms with Crippen LogP contribution < -0.4 is 10.2 Å². The molecule has 1 aromatic heterocycles. The van der Waals surface area contributed by atoms with Crippen LogP contribution in [0.4, 0.5) is 5.82 Å². The highest BCUT2D eigenvalue weighted by Crippen LogP contribution is 2.19. The summed E-state index contributed by atoms with van der Waals surface area (Å²) < 4.78 is 0. The zero-order valence-electron chi connectivity index (χ0n) is 13.2. The molecule has 0 aromatic carbocycles. The predicted octanol–water partition coefficient (Wildman–Crippen LogP) is 2.56. The first-order valence-corrected chi connectivity index (χ1v) is 8.03. The minimum absolute atomic E-state index is 0.795. The third-order valence-electron chi connectivity index (χ3n) is 3.99. The molecule has 1 aliphatic heterocycles. The van der Waals surface area contributed by atoms with E-state index in [0.717, 1.165) is 62.3 Å². The van der Waals surface area contributed by atoms with Gasteiger partial charge in [-0.05, 0) is 51.6 Å². The zero-order valence-corrected chi connectivity index (χ0v) is 13.2. The summed E-state index contributed by atoms with van der Waals surface area (Å²) in [7, 11) is 0. The van der Waals surface area contributed by atoms with Crippen LogP contribution in [0.1, 0.15) is 44.6 Å². The highest BCUT2D eigenvalue weighted by atomic mass is 15.2. The summed E-state index contributed by atoms with van der Waals surface area (Å²) in [5.41, 5.74) is 1.15. The lowest BCUT2D eigenvalue weighted by Gasteiger charge is -2.31. The number of hydrogen-bond donors (Lipinski definition) is 1. The molecule has 1 aliphatic rings. The largest absolute Gasteiger partial charge is 0.356 e. The molecule has 1 aromatic rings. The van der Waals surface area contributed by atoms with E-state index in [4.69, 9.17) is 0 Å². The van der Waals surface area contributed by atoms with Crippen molar-refractivity contribution >= 4 is 5.82 Å². The topological polar surface area (TPSA) is 41.0 Å². The van der Waals surface area contributed by atoms with Gasteiger partial charge in [0.1, 0.15) is 11.6 Å². The molecule has 0 saturated carbocycles. The van der Waals surface area contributed by atoms with E-state index in [-0.39, 0.29) is 0 Å². The summed E-state index contributed by atoms with van der Waals surface area (Å²) in [5, 5.41) is 3.44. The van der Waals surface area contributed by atoms with Gasteiger partial charge in [0.2, 0.25) is 0 Å². The Morgan fingerprint density at radius 3 is 2.65 bits per heavy atom. The van der Waals surface area contributed by atoms with Crippen molar-refractivity contribution in [1.82, 2.24) is 15.3 Å². The van der Waals surface area contributed by atoms with Crippen LogP contribution in [0.15, 0.2) is 6.07 Å². The first-order chi connectivity index (χ1) is 9.72. The molecular formula is C16H28N4. The van der Waals surface area contributed by atoms with Crippen LogP contribution in [0.2, 0.25) is 0 Å². The summed E-state index contributed by atoms with van der Waals surface area (Å²) in [6, 6.07) is 2.17. The average Bonchev–Trinajstić information content (AvgIpc) is 2.47. The zero-order chi connectivity index (χ0) is 14.4. The second-order valence-electron chi connectivity index (χ2n) is 5.76. The number of hydrogen-bond acceptors (Lipinski definition) is 4. The molecule has 0 aliphatic carbocycles. The van der Waals surface area contributed by atoms with Crippen molar-refractivity contribution in [2.24, 2.45) is 5.92 Å². The number of rotatable bonds is 6. The van der Waals surface area contributed by atoms with Gasteiger partial charge in [-0.3, -0.25) is 0 Å². The van der Waals surface area contributed by atoms with Crippen LogP contribution >= 0.6 is 0 Å². The Labute approximate surface area is 123 Å². The van der Waals surface area contributed by atoms with Crippen molar-refractivity contribution in [2.75, 3.05) is 31.1 Å². The van der Waals surface area contributed by atoms with E-state index in [0.29, 0.717) is 0 Å². The molecule has 0 radical (unpaired) electrons. The molecule has 0 unspecified atom stereocenters. The Bertz CT molecular complexity index is 413. The van der Waals surface area contributed by atoms with Crippen molar-refractivity contribution in [3.8, 4) is 0 Å². The first kappa shape index (κ1) is 15.2. The van der Waals surface area contributed by atoms with E-state index in [9.17, 15) is 0 Å². The van der Waals surface area contributed by atoms with Gasteiger partial charge in [0.15, 0.2) is 0 Å². The molecule has 1 N–H and O–H groups in total. The molecule has 0 amide bonds. The number of aromatic nitrogens is 2. The van der Waals surface area contributed by atoms with Crippen molar-refractivity contribution in [3.05, 3.63) is 17.6 Å². The standard InChI is InChI=1S/C16H28N4/c1-4-10-20(12-14-6-8-17-9-7-14)16-11-15(5-2)18-13(3)19-16/h11,14,17H,4-10,12H2,1-3H3. The highest BCUT2D eigenvalue weighted by molar-refractivity contribution is 5.40. The quantitative estimate of drug-likeness (QED) is 0.867. The lowest BCUT2D eigenvalue weighted by Crippen LogP contribution is -2.37. The third-order valence-corrected chi connectivity index (χ3v) is 3.99. The summed E-state index contributed by atoms with van der Waals surface area (Å²) in [4.78, 5) is 11.6. The smallest absolute Gasteiger partial charge is 0.132 e. The van der Waals surface area contributed by atoms with E-state index < -0.39 is 0 Å². The fourth-order valence-corrected chi connectivity index (χ4v) is 2.90. The van der Waals surface area contributed by atoms with Gasteiger partial charge < -0.3 is 10.2 Å². The van der Waals surface area contributed by atoms with Crippen molar-refractivity contribution in [1.29, 1.82) is 0 Å². The van der Waals surface area contributed by atoms with Gasteiger partial charge >= 0.3 is 0 Å². The minimum Gasteiger partial charge on any atom is -0.356 e. The summed E-state index contributed by atoms with van der Waals surface area (Å²) >= 11 is 0. The lowest BCUT2D eigenvalue weighted by atomic mass is 9.97. The highest BCUT2D eigenvalue weighted by Gasteiger charge is 2.18. The normalized spacial score (nSPS) is 16.4. The van der Waals surface area contributed by atoms with Crippen LogP contribution in [0.3, 0.4) is 0 Å². The van der Waals surface area contributed by atoms with Gasteiger partial charge in [0, 0.05) is 24.8 Å². The summed E-state index contributed by atoms with van der Waals surface area (Å²) in [6.07, 6.45) is 4.70. The molecule has 0 atom stereocenters. The summed E-state index contributed by atoms with van der Waals surface area (Å²) in [6.45, 7) is 10.9. The van der Waals surface area contributed by atoms with Crippen LogP contribution in [0.25, 0.3) is 0 Å². The predicted molar refractivity (Wildman–Crippen MR) is 84.2 cm³/mol. The van der Waals surface area contributed by atoms with Gasteiger partial charge in [0.05, 0.1) is 0 Å². The van der Waals surface area contributed by atoms with Gasteiger partial charge in [-0.25, -0.2) is 9.97 Å². The van der Waals surface area contributed by atoms with Gasteiger partial charge in [0.25, 0.3) is 0 Å². The van der Waals surface area contributed by atoms with Crippen molar-refractivity contribution in [3.63, 3.8) is 0 Å². The Kier molecular flexibility index (Phi) is 5.77. The molecule has 4 heteroatoms. The number of aryl methyl sites for hydroxylation is 2. The molecule has 1 saturated heterocycles. The maximum absolute atomic E-state index is 4.67. The fourth-order valence-electron chi connectivity index (χ4n) is 2.90. The molecule has 0 spiro atoms. The maximum Gasteiger partial charge on any atom is 0.132 e. The van der Waals surface area contributed by atoms with Gasteiger partial charge in [-0.15, -0.1) is 0 Å². The second kappa shape index (κ2) is 7.58. The molecule has 112 valence electrons. The van der Waals surface area contributed by atoms with E-state index >= 15 is 0 Å². The molecule has 2 rings (SSSR count). The van der Waals surface area contributed by atoms with Crippen molar-refractivity contribution in [2.45, 2.75) is 46.5 Å². The Balaban J connectivity index is 2.12. The molecule has 4 nitrogen and oxygen atoms in total. The number of nitrogens with one attached hydrogen (secondary N) is 1. The van der Waals surface area contributed by atoms with Crippen LogP contribution in [-0.4, -0.2) is 36.1 Å². The number of anilines is 1. The van der Waals surface area contributed by atoms with E-state index in [1.165, 1.54) is 12.8 Å². The molecular weight excluding hydrogens is 248 g/mol. The fraction of sp³-hybridized carbons (Fsp3) is 0.750. The van der Waals surface area contributed by atoms with Crippen molar-refractivity contribution < 1.29 is 0 Å². The average molecular weight is 276 g/mol. The van der Waals surface area contributed by atoms with Gasteiger partial charge in [-0.2, -0.15) is 0 Å². The first-order valence-electron chi connectivity index (χ1n) is 8.03. The van der Waals surface area contributed by atoms with E-state index in [1.54, 1.807) is 0 Å². The SMILES string of the molecule is CCCN(CC1CCNCC1)c1cc(CC)nc(C)n1. The molecule has 0 bridgehead atoms. The van der Waals surface area contributed by atoms with Crippen LogP contribution in [-0.2, 0) is 6.42 Å². The molecule has 2 heterocycles. The Hall–Kier alpha value is -1.16. The third kappa shape index (κ3) is 4.17. The molecule has 1 fully saturated rings. The van der Waals surface area contributed by atoms with E-state index in [1.807, 2.05) is 6.92 Å². The lowest BCUT2D eigenvalue weighted by molar-refractivity contribution is 0.372. The number of piperidine rings is 1. The Morgan fingerprint density at radius 1 is 1.25 bits per heavy atom. The van der Waals surface area contributed by atoms with E-state index in [2.05, 4.69) is 40.1 Å². The molecule has 20 heavy (non-hydrogen) atoms. The van der Waals surface area contributed by atoms with Crippen LogP contribution in [0.5, 0.6) is 0 Å². The monoisotopic (exact) mass is 276 g/mol.